The highest BCUT2D eigenvalue weighted by atomic mass is 19.2. The lowest BCUT2D eigenvalue weighted by molar-refractivity contribution is -0.0959. The summed E-state index contributed by atoms with van der Waals surface area (Å²) in [6.07, 6.45) is 6.28. The summed E-state index contributed by atoms with van der Waals surface area (Å²) in [4.78, 5) is 16.2. The van der Waals surface area contributed by atoms with Gasteiger partial charge in [0.15, 0.2) is 17.4 Å². The molecule has 40 heavy (non-hydrogen) atoms. The Balaban J connectivity index is 1.60. The summed E-state index contributed by atoms with van der Waals surface area (Å²) in [6, 6.07) is 9.01. The third kappa shape index (κ3) is 5.80. The number of aliphatic hydroxyl groups excluding tert-OH is 1. The number of nitrogens with zero attached hydrogens (tertiary/aromatic N) is 1. The quantitative estimate of drug-likeness (QED) is 0.383. The lowest BCUT2D eigenvalue weighted by Crippen LogP contribution is -2.54. The molecule has 2 aromatic rings. The number of carbonyl (C=O) groups excluding carboxylic acids is 1. The van der Waals surface area contributed by atoms with Crippen LogP contribution in [0.1, 0.15) is 85.3 Å². The molecule has 1 heterocycles. The van der Waals surface area contributed by atoms with Crippen LogP contribution in [-0.2, 0) is 11.2 Å². The van der Waals surface area contributed by atoms with Crippen molar-refractivity contribution in [3.8, 4) is 0 Å². The molecule has 7 heteroatoms. The van der Waals surface area contributed by atoms with Gasteiger partial charge in [-0.15, -0.1) is 0 Å². The highest BCUT2D eigenvalue weighted by molar-refractivity contribution is 6.10. The molecule has 2 N–H and O–H groups in total. The molecule has 2 fully saturated rings. The van der Waals surface area contributed by atoms with E-state index in [1.54, 1.807) is 0 Å². The molecule has 2 aromatic carbocycles. The zero-order chi connectivity index (χ0) is 28.5. The Morgan fingerprint density at radius 1 is 1.07 bits per heavy atom. The van der Waals surface area contributed by atoms with Gasteiger partial charge in [0.2, 0.25) is 0 Å². The molecule has 216 valence electrons. The van der Waals surface area contributed by atoms with E-state index < -0.39 is 28.8 Å². The number of morpholine rings is 1. The van der Waals surface area contributed by atoms with Crippen LogP contribution in [0.4, 0.5) is 8.78 Å². The van der Waals surface area contributed by atoms with Gasteiger partial charge in [0, 0.05) is 36.2 Å². The number of ketones is 1. The molecule has 0 aromatic heterocycles. The number of aliphatic hydroxyl groups is 2. The first kappa shape index (κ1) is 29.1. The molecule has 0 amide bonds. The minimum Gasteiger partial charge on any atom is -0.393 e. The molecule has 4 atom stereocenters. The zero-order valence-corrected chi connectivity index (χ0v) is 23.6. The molecule has 4 unspecified atom stereocenters. The van der Waals surface area contributed by atoms with E-state index in [4.69, 9.17) is 4.74 Å². The molecule has 3 aliphatic carbocycles. The Morgan fingerprint density at radius 3 is 2.60 bits per heavy atom. The summed E-state index contributed by atoms with van der Waals surface area (Å²) in [7, 11) is 0. The largest absolute Gasteiger partial charge is 0.393 e. The molecular weight excluding hydrogens is 512 g/mol. The molecule has 1 saturated carbocycles. The Morgan fingerprint density at radius 2 is 1.85 bits per heavy atom. The van der Waals surface area contributed by atoms with Gasteiger partial charge < -0.3 is 14.9 Å². The van der Waals surface area contributed by atoms with Crippen molar-refractivity contribution in [2.75, 3.05) is 32.8 Å². The lowest BCUT2D eigenvalue weighted by atomic mass is 9.64. The fourth-order valence-electron chi connectivity index (χ4n) is 7.12. The summed E-state index contributed by atoms with van der Waals surface area (Å²) in [6.45, 7) is 7.65. The third-order valence-corrected chi connectivity index (χ3v) is 9.69. The van der Waals surface area contributed by atoms with Gasteiger partial charge in [0.1, 0.15) is 0 Å². The number of allylic oxidation sites excluding steroid dienone is 2. The van der Waals surface area contributed by atoms with Gasteiger partial charge in [0.05, 0.1) is 24.9 Å². The molecule has 2 bridgehead atoms. The van der Waals surface area contributed by atoms with E-state index in [1.165, 1.54) is 11.6 Å². The topological polar surface area (TPSA) is 70.0 Å². The fourth-order valence-corrected chi connectivity index (χ4v) is 7.12. The average molecular weight is 554 g/mol. The van der Waals surface area contributed by atoms with Gasteiger partial charge >= 0.3 is 0 Å². The average Bonchev–Trinajstić information content (AvgIpc) is 3.18. The molecule has 1 saturated heterocycles. The maximum absolute atomic E-state index is 14.2. The second-order valence-corrected chi connectivity index (χ2v) is 12.3. The maximum Gasteiger partial charge on any atom is 0.193 e. The van der Waals surface area contributed by atoms with Crippen LogP contribution in [-0.4, -0.2) is 65.4 Å². The van der Waals surface area contributed by atoms with Crippen molar-refractivity contribution in [1.29, 1.82) is 0 Å². The molecule has 0 spiro atoms. The smallest absolute Gasteiger partial charge is 0.193 e. The van der Waals surface area contributed by atoms with Gasteiger partial charge in [-0.1, -0.05) is 30.7 Å². The van der Waals surface area contributed by atoms with E-state index in [2.05, 4.69) is 24.8 Å². The molecule has 4 aliphatic rings. The zero-order valence-electron chi connectivity index (χ0n) is 23.6. The summed E-state index contributed by atoms with van der Waals surface area (Å²) in [5, 5.41) is 23.1. The predicted octanol–water partition coefficient (Wildman–Crippen LogP) is 5.57. The molecule has 1 aliphatic heterocycles. The van der Waals surface area contributed by atoms with Gasteiger partial charge in [-0.3, -0.25) is 9.69 Å². The maximum atomic E-state index is 14.2. The van der Waals surface area contributed by atoms with Gasteiger partial charge in [-0.2, -0.15) is 0 Å². The molecule has 6 rings (SSSR count). The number of carbonyl (C=O) groups is 1. The van der Waals surface area contributed by atoms with Crippen molar-refractivity contribution in [1.82, 2.24) is 4.90 Å². The third-order valence-electron chi connectivity index (χ3n) is 9.69. The number of benzene rings is 2. The van der Waals surface area contributed by atoms with Crippen molar-refractivity contribution in [2.45, 2.75) is 76.4 Å². The molecule has 5 nitrogen and oxygen atoms in total. The standard InChI is InChI=1S/C33H41F2NO4/c1-22-4-3-12-32(2)28(11-13-33(32,39)21-36-14-16-40-17-15-36)26-9-6-23(18-25(37)8-5-22)19-27(26)31(38)24-7-10-29(34)30(35)20-24/h4,6-7,9-10,19-20,25,28,37,39H,3,5,8,11-18,21H2,1-2H3. The number of halogens is 2. The van der Waals surface area contributed by atoms with Gasteiger partial charge in [0.25, 0.3) is 0 Å². The van der Waals surface area contributed by atoms with Crippen molar-refractivity contribution in [2.24, 2.45) is 5.41 Å². The number of rotatable bonds is 4. The molecule has 0 radical (unpaired) electrons. The van der Waals surface area contributed by atoms with Crippen molar-refractivity contribution in [3.05, 3.63) is 81.9 Å². The van der Waals surface area contributed by atoms with Crippen LogP contribution in [0.3, 0.4) is 0 Å². The van der Waals surface area contributed by atoms with E-state index in [-0.39, 0.29) is 17.3 Å². The van der Waals surface area contributed by atoms with Crippen LogP contribution in [0.5, 0.6) is 0 Å². The summed E-state index contributed by atoms with van der Waals surface area (Å²) >= 11 is 0. The van der Waals surface area contributed by atoms with Crippen LogP contribution >= 0.6 is 0 Å². The second kappa shape index (κ2) is 11.8. The van der Waals surface area contributed by atoms with Crippen LogP contribution in [0, 0.1) is 17.0 Å². The van der Waals surface area contributed by atoms with E-state index in [1.807, 2.05) is 18.2 Å². The minimum absolute atomic E-state index is 0.0841. The highest BCUT2D eigenvalue weighted by Crippen LogP contribution is 2.58. The van der Waals surface area contributed by atoms with Crippen molar-refractivity contribution in [3.63, 3.8) is 0 Å². The van der Waals surface area contributed by atoms with Crippen molar-refractivity contribution >= 4 is 5.78 Å². The number of fused-ring (bicyclic) bond motifs is 8. The number of hydrogen-bond donors (Lipinski definition) is 2. The van der Waals surface area contributed by atoms with E-state index in [0.29, 0.717) is 51.0 Å². The first-order valence-electron chi connectivity index (χ1n) is 14.6. The van der Waals surface area contributed by atoms with Gasteiger partial charge in [-0.05, 0) is 93.2 Å². The highest BCUT2D eigenvalue weighted by Gasteiger charge is 2.57. The first-order valence-corrected chi connectivity index (χ1v) is 14.6. The monoisotopic (exact) mass is 553 g/mol. The first-order chi connectivity index (χ1) is 19.1. The molecular formula is C33H41F2NO4. The van der Waals surface area contributed by atoms with E-state index >= 15 is 0 Å². The Labute approximate surface area is 235 Å². The van der Waals surface area contributed by atoms with Crippen molar-refractivity contribution < 1.29 is 28.5 Å². The summed E-state index contributed by atoms with van der Waals surface area (Å²) in [5.41, 5.74) is 1.90. The number of ether oxygens (including phenoxy) is 1. The summed E-state index contributed by atoms with van der Waals surface area (Å²) in [5.74, 6) is -2.55. The predicted molar refractivity (Wildman–Crippen MR) is 150 cm³/mol. The van der Waals surface area contributed by atoms with Crippen LogP contribution < -0.4 is 0 Å². The Kier molecular flexibility index (Phi) is 8.58. The SMILES string of the molecule is CC1=CCCC2(C)C(CCC2(O)CN2CCOCC2)c2ccc(cc2C(=O)c2ccc(F)c(F)c2)CC(O)CC1. The second-order valence-electron chi connectivity index (χ2n) is 12.3. The van der Waals surface area contributed by atoms with Crippen LogP contribution in [0.15, 0.2) is 48.0 Å². The summed E-state index contributed by atoms with van der Waals surface area (Å²) < 4.78 is 33.4. The number of hydrogen-bond acceptors (Lipinski definition) is 5. The number of β-amino-alcohol motifs (C(OH)–C–C–N with tert-alkyl or cyclic N) is 1. The van der Waals surface area contributed by atoms with E-state index in [0.717, 1.165) is 55.6 Å². The van der Waals surface area contributed by atoms with Crippen LogP contribution in [0.25, 0.3) is 0 Å². The van der Waals surface area contributed by atoms with E-state index in [9.17, 15) is 23.8 Å². The minimum atomic E-state index is -1.06. The Hall–Kier alpha value is -2.45. The lowest BCUT2D eigenvalue weighted by Gasteiger charge is -2.46. The van der Waals surface area contributed by atoms with Crippen LogP contribution in [0.2, 0.25) is 0 Å². The normalized spacial score (nSPS) is 30.0. The van der Waals surface area contributed by atoms with Gasteiger partial charge in [-0.25, -0.2) is 8.78 Å². The Bertz CT molecular complexity index is 1270. The fraction of sp³-hybridized carbons (Fsp3) is 0.545.